The second kappa shape index (κ2) is 5.67. The van der Waals surface area contributed by atoms with Gasteiger partial charge in [-0.3, -0.25) is 0 Å². The van der Waals surface area contributed by atoms with Crippen LogP contribution < -0.4 is 5.32 Å². The Balaban J connectivity index is 1.92. The molecule has 1 aromatic rings. The molecule has 0 bridgehead atoms. The average molecular weight is 288 g/mol. The van der Waals surface area contributed by atoms with Crippen LogP contribution >= 0.6 is 11.3 Å². The van der Waals surface area contributed by atoms with Crippen molar-refractivity contribution in [1.29, 1.82) is 0 Å². The predicted molar refractivity (Wildman–Crippen MR) is 74.7 cm³/mol. The van der Waals surface area contributed by atoms with Crippen LogP contribution in [0.3, 0.4) is 0 Å². The first-order valence-electron chi connectivity index (χ1n) is 6.32. The highest BCUT2D eigenvalue weighted by atomic mass is 32.2. The normalized spacial score (nSPS) is 21.9. The van der Waals surface area contributed by atoms with Crippen molar-refractivity contribution in [3.8, 4) is 0 Å². The third-order valence-electron chi connectivity index (χ3n) is 3.57. The topological polar surface area (TPSA) is 59.1 Å². The largest absolute Gasteiger partial charge is 0.312 e. The first-order chi connectivity index (χ1) is 8.50. The summed E-state index contributed by atoms with van der Waals surface area (Å²) in [5.41, 5.74) is 0. The standard InChI is InChI=1S/C12H20N2O2S2/c1-9(13-2)11-8-14-12(17-11)7-10-3-5-18(15,16)6-4-10/h8-10,13H,3-7H2,1-2H3. The highest BCUT2D eigenvalue weighted by Gasteiger charge is 2.24. The summed E-state index contributed by atoms with van der Waals surface area (Å²) in [5, 5.41) is 4.34. The maximum Gasteiger partial charge on any atom is 0.150 e. The molecule has 1 atom stereocenters. The second-order valence-corrected chi connectivity index (χ2v) is 8.42. The van der Waals surface area contributed by atoms with Crippen molar-refractivity contribution < 1.29 is 8.42 Å². The van der Waals surface area contributed by atoms with E-state index in [1.54, 1.807) is 11.3 Å². The maximum atomic E-state index is 11.4. The fourth-order valence-electron chi connectivity index (χ4n) is 2.15. The number of hydrogen-bond donors (Lipinski definition) is 1. The zero-order valence-corrected chi connectivity index (χ0v) is 12.5. The Morgan fingerprint density at radius 3 is 2.78 bits per heavy atom. The van der Waals surface area contributed by atoms with Crippen LogP contribution in [0.25, 0.3) is 0 Å². The zero-order chi connectivity index (χ0) is 13.2. The Labute approximate surface area is 113 Å². The summed E-state index contributed by atoms with van der Waals surface area (Å²) in [6, 6.07) is 0.336. The van der Waals surface area contributed by atoms with E-state index in [0.29, 0.717) is 23.5 Å². The average Bonchev–Trinajstić information content (AvgIpc) is 2.79. The lowest BCUT2D eigenvalue weighted by atomic mass is 9.99. The van der Waals surface area contributed by atoms with Gasteiger partial charge in [-0.15, -0.1) is 11.3 Å². The number of aromatic nitrogens is 1. The van der Waals surface area contributed by atoms with Crippen molar-refractivity contribution in [2.45, 2.75) is 32.2 Å². The second-order valence-electron chi connectivity index (χ2n) is 4.97. The molecule has 1 N–H and O–H groups in total. The fraction of sp³-hybridized carbons (Fsp3) is 0.750. The van der Waals surface area contributed by atoms with E-state index in [1.807, 2.05) is 13.2 Å². The monoisotopic (exact) mass is 288 g/mol. The molecule has 1 aromatic heterocycles. The van der Waals surface area contributed by atoms with E-state index in [1.165, 1.54) is 4.88 Å². The molecule has 102 valence electrons. The SMILES string of the molecule is CNC(C)c1cnc(CC2CCS(=O)(=O)CC2)s1. The molecule has 1 aliphatic heterocycles. The minimum Gasteiger partial charge on any atom is -0.312 e. The number of nitrogens with one attached hydrogen (secondary N) is 1. The summed E-state index contributed by atoms with van der Waals surface area (Å²) in [6.07, 6.45) is 4.44. The van der Waals surface area contributed by atoms with Crippen LogP contribution in [0.2, 0.25) is 0 Å². The molecule has 18 heavy (non-hydrogen) atoms. The Kier molecular flexibility index (Phi) is 4.40. The van der Waals surface area contributed by atoms with E-state index in [9.17, 15) is 8.42 Å². The molecule has 1 fully saturated rings. The fourth-order valence-corrected chi connectivity index (χ4v) is 4.84. The van der Waals surface area contributed by atoms with Gasteiger partial charge >= 0.3 is 0 Å². The molecule has 0 aromatic carbocycles. The van der Waals surface area contributed by atoms with E-state index < -0.39 is 9.84 Å². The van der Waals surface area contributed by atoms with Gasteiger partial charge in [-0.25, -0.2) is 13.4 Å². The van der Waals surface area contributed by atoms with Crippen LogP contribution in [0.4, 0.5) is 0 Å². The molecule has 0 spiro atoms. The van der Waals surface area contributed by atoms with Crippen LogP contribution in [0.5, 0.6) is 0 Å². The number of hydrogen-bond acceptors (Lipinski definition) is 5. The maximum absolute atomic E-state index is 11.4. The molecular weight excluding hydrogens is 268 g/mol. The zero-order valence-electron chi connectivity index (χ0n) is 10.8. The third kappa shape index (κ3) is 3.52. The van der Waals surface area contributed by atoms with Crippen molar-refractivity contribution in [2.24, 2.45) is 5.92 Å². The van der Waals surface area contributed by atoms with Gasteiger partial charge in [0.2, 0.25) is 0 Å². The van der Waals surface area contributed by atoms with E-state index in [4.69, 9.17) is 0 Å². The van der Waals surface area contributed by atoms with E-state index in [0.717, 1.165) is 24.3 Å². The van der Waals surface area contributed by atoms with Crippen LogP contribution in [-0.2, 0) is 16.3 Å². The van der Waals surface area contributed by atoms with Gasteiger partial charge in [0.1, 0.15) is 9.84 Å². The van der Waals surface area contributed by atoms with Gasteiger partial charge in [-0.05, 0) is 32.7 Å². The Hall–Kier alpha value is -0.460. The highest BCUT2D eigenvalue weighted by molar-refractivity contribution is 7.91. The summed E-state index contributed by atoms with van der Waals surface area (Å²) >= 11 is 1.74. The molecule has 2 heterocycles. The first kappa shape index (κ1) is 14.0. The summed E-state index contributed by atoms with van der Waals surface area (Å²) in [6.45, 7) is 2.12. The Morgan fingerprint density at radius 1 is 1.50 bits per heavy atom. The van der Waals surface area contributed by atoms with Gasteiger partial charge in [-0.2, -0.15) is 0 Å². The van der Waals surface area contributed by atoms with E-state index >= 15 is 0 Å². The van der Waals surface area contributed by atoms with Crippen molar-refractivity contribution in [3.63, 3.8) is 0 Å². The smallest absolute Gasteiger partial charge is 0.150 e. The molecule has 4 nitrogen and oxygen atoms in total. The quantitative estimate of drug-likeness (QED) is 0.917. The summed E-state index contributed by atoms with van der Waals surface area (Å²) in [4.78, 5) is 5.69. The van der Waals surface area contributed by atoms with Gasteiger partial charge in [0.25, 0.3) is 0 Å². The van der Waals surface area contributed by atoms with Crippen LogP contribution in [0.15, 0.2) is 6.20 Å². The lowest BCUT2D eigenvalue weighted by molar-refractivity contribution is 0.462. The number of sulfone groups is 1. The lowest BCUT2D eigenvalue weighted by Gasteiger charge is -2.20. The van der Waals surface area contributed by atoms with E-state index in [-0.39, 0.29) is 0 Å². The minimum absolute atomic E-state index is 0.336. The lowest BCUT2D eigenvalue weighted by Crippen LogP contribution is -2.24. The van der Waals surface area contributed by atoms with Crippen LogP contribution in [0.1, 0.15) is 35.7 Å². The van der Waals surface area contributed by atoms with Crippen molar-refractivity contribution >= 4 is 21.2 Å². The number of nitrogens with zero attached hydrogens (tertiary/aromatic N) is 1. The van der Waals surface area contributed by atoms with Crippen molar-refractivity contribution in [1.82, 2.24) is 10.3 Å². The Morgan fingerprint density at radius 2 is 2.17 bits per heavy atom. The number of rotatable bonds is 4. The third-order valence-corrected chi connectivity index (χ3v) is 6.49. The molecule has 0 saturated carbocycles. The van der Waals surface area contributed by atoms with Gasteiger partial charge < -0.3 is 5.32 Å². The molecule has 2 rings (SSSR count). The van der Waals surface area contributed by atoms with E-state index in [2.05, 4.69) is 17.2 Å². The van der Waals surface area contributed by atoms with Gasteiger partial charge in [0.05, 0.1) is 16.5 Å². The highest BCUT2D eigenvalue weighted by Crippen LogP contribution is 2.27. The molecule has 0 amide bonds. The molecule has 0 radical (unpaired) electrons. The first-order valence-corrected chi connectivity index (χ1v) is 8.96. The van der Waals surface area contributed by atoms with Crippen molar-refractivity contribution in [2.75, 3.05) is 18.6 Å². The minimum atomic E-state index is -2.75. The van der Waals surface area contributed by atoms with Crippen LogP contribution in [0, 0.1) is 5.92 Å². The number of thiazole rings is 1. The molecule has 1 aliphatic rings. The molecule has 1 saturated heterocycles. The van der Waals surface area contributed by atoms with Crippen LogP contribution in [-0.4, -0.2) is 32.0 Å². The van der Waals surface area contributed by atoms with Gasteiger partial charge in [-0.1, -0.05) is 0 Å². The molecular formula is C12H20N2O2S2. The van der Waals surface area contributed by atoms with Crippen molar-refractivity contribution in [3.05, 3.63) is 16.1 Å². The predicted octanol–water partition coefficient (Wildman–Crippen LogP) is 1.79. The molecule has 6 heteroatoms. The Bertz CT molecular complexity index is 482. The summed E-state index contributed by atoms with van der Waals surface area (Å²) in [5.74, 6) is 1.18. The van der Waals surface area contributed by atoms with Gasteiger partial charge in [0, 0.05) is 23.5 Å². The van der Waals surface area contributed by atoms with Gasteiger partial charge in [0.15, 0.2) is 0 Å². The summed E-state index contributed by atoms with van der Waals surface area (Å²) < 4.78 is 22.7. The molecule has 0 aliphatic carbocycles. The molecule has 1 unspecified atom stereocenters. The summed E-state index contributed by atoms with van der Waals surface area (Å²) in [7, 11) is -0.807.